The third-order valence-corrected chi connectivity index (χ3v) is 4.85. The van der Waals surface area contributed by atoms with Gasteiger partial charge in [0.15, 0.2) is 0 Å². The van der Waals surface area contributed by atoms with Gasteiger partial charge < -0.3 is 21.1 Å². The van der Waals surface area contributed by atoms with E-state index in [1.54, 1.807) is 36.4 Å². The summed E-state index contributed by atoms with van der Waals surface area (Å²) in [7, 11) is 0. The number of hydrogen-bond acceptors (Lipinski definition) is 4. The Hall–Kier alpha value is -3.35. The van der Waals surface area contributed by atoms with Crippen molar-refractivity contribution >= 4 is 29.2 Å². The number of piperidine rings is 1. The fraction of sp³-hybridized carbons (Fsp3) is 0.286. The fourth-order valence-electron chi connectivity index (χ4n) is 3.45. The molecule has 0 saturated carbocycles. The average molecular weight is 381 g/mol. The minimum absolute atomic E-state index is 0.0806. The highest BCUT2D eigenvalue weighted by atomic mass is 16.4. The second-order valence-corrected chi connectivity index (χ2v) is 6.83. The molecule has 0 atom stereocenters. The van der Waals surface area contributed by atoms with Gasteiger partial charge in [0.2, 0.25) is 11.8 Å². The van der Waals surface area contributed by atoms with Crippen molar-refractivity contribution in [2.45, 2.75) is 25.7 Å². The van der Waals surface area contributed by atoms with E-state index in [-0.39, 0.29) is 17.9 Å². The van der Waals surface area contributed by atoms with Crippen molar-refractivity contribution in [2.75, 3.05) is 23.3 Å². The van der Waals surface area contributed by atoms with Crippen molar-refractivity contribution < 1.29 is 19.5 Å². The van der Waals surface area contributed by atoms with Crippen molar-refractivity contribution in [1.82, 2.24) is 0 Å². The van der Waals surface area contributed by atoms with Crippen LogP contribution < -0.4 is 16.0 Å². The van der Waals surface area contributed by atoms with Crippen LogP contribution in [0.15, 0.2) is 42.5 Å². The van der Waals surface area contributed by atoms with Gasteiger partial charge in [0.25, 0.3) is 0 Å². The number of primary amides is 1. The van der Waals surface area contributed by atoms with E-state index < -0.39 is 11.9 Å². The Morgan fingerprint density at radius 2 is 1.75 bits per heavy atom. The first-order valence-electron chi connectivity index (χ1n) is 9.25. The summed E-state index contributed by atoms with van der Waals surface area (Å²) in [4.78, 5) is 37.7. The molecule has 0 bridgehead atoms. The van der Waals surface area contributed by atoms with Crippen molar-refractivity contribution in [3.63, 3.8) is 0 Å². The lowest BCUT2D eigenvalue weighted by Crippen LogP contribution is -2.31. The highest BCUT2D eigenvalue weighted by Crippen LogP contribution is 2.30. The minimum Gasteiger partial charge on any atom is -0.478 e. The molecule has 0 unspecified atom stereocenters. The van der Waals surface area contributed by atoms with Crippen LogP contribution in [0, 0.1) is 0 Å². The van der Waals surface area contributed by atoms with Crippen LogP contribution in [0.5, 0.6) is 0 Å². The highest BCUT2D eigenvalue weighted by molar-refractivity contribution is 6.01. The molecule has 1 fully saturated rings. The second-order valence-electron chi connectivity index (χ2n) is 6.83. The third kappa shape index (κ3) is 4.49. The predicted molar refractivity (Wildman–Crippen MR) is 107 cm³/mol. The Morgan fingerprint density at radius 1 is 1.04 bits per heavy atom. The molecule has 7 nitrogen and oxygen atoms in total. The van der Waals surface area contributed by atoms with E-state index in [0.717, 1.165) is 31.6 Å². The molecule has 2 amide bonds. The van der Waals surface area contributed by atoms with E-state index in [0.29, 0.717) is 16.8 Å². The van der Waals surface area contributed by atoms with Gasteiger partial charge in [0.05, 0.1) is 23.4 Å². The summed E-state index contributed by atoms with van der Waals surface area (Å²) in [6.07, 6.45) is 3.22. The van der Waals surface area contributed by atoms with Gasteiger partial charge in [-0.1, -0.05) is 18.2 Å². The molecule has 2 aromatic carbocycles. The standard InChI is InChI=1S/C21H23N3O4/c22-20(26)15-8-9-18(24-10-4-1-5-11-24)17(12-15)23-19(25)13-14-6-2-3-7-16(14)21(27)28/h2-3,6-9,12H,1,4-5,10-11,13H2,(H2,22,26)(H,23,25)(H,27,28). The van der Waals surface area contributed by atoms with Gasteiger partial charge in [0.1, 0.15) is 0 Å². The zero-order chi connectivity index (χ0) is 20.1. The maximum absolute atomic E-state index is 12.6. The summed E-state index contributed by atoms with van der Waals surface area (Å²) < 4.78 is 0. The molecule has 0 aromatic heterocycles. The number of benzene rings is 2. The van der Waals surface area contributed by atoms with Gasteiger partial charge in [-0.25, -0.2) is 4.79 Å². The first-order valence-corrected chi connectivity index (χ1v) is 9.25. The van der Waals surface area contributed by atoms with Gasteiger partial charge >= 0.3 is 5.97 Å². The molecule has 1 aliphatic rings. The molecule has 2 aromatic rings. The number of nitrogens with zero attached hydrogens (tertiary/aromatic N) is 1. The lowest BCUT2D eigenvalue weighted by Gasteiger charge is -2.30. The molecule has 3 rings (SSSR count). The Labute approximate surface area is 163 Å². The molecular formula is C21H23N3O4. The second kappa shape index (κ2) is 8.56. The van der Waals surface area contributed by atoms with E-state index in [2.05, 4.69) is 10.2 Å². The van der Waals surface area contributed by atoms with Crippen LogP contribution in [0.1, 0.15) is 45.5 Å². The molecular weight excluding hydrogens is 358 g/mol. The number of nitrogens with two attached hydrogens (primary N) is 1. The molecule has 4 N–H and O–H groups in total. The van der Waals surface area contributed by atoms with Crippen molar-refractivity contribution in [1.29, 1.82) is 0 Å². The van der Waals surface area contributed by atoms with E-state index in [1.165, 1.54) is 12.5 Å². The number of carboxylic acid groups (broad SMARTS) is 1. The van der Waals surface area contributed by atoms with Crippen LogP contribution in [0.4, 0.5) is 11.4 Å². The van der Waals surface area contributed by atoms with Crippen LogP contribution in [-0.4, -0.2) is 36.0 Å². The Kier molecular flexibility index (Phi) is 5.93. The number of carboxylic acids is 1. The van der Waals surface area contributed by atoms with E-state index in [9.17, 15) is 19.5 Å². The number of rotatable bonds is 6. The van der Waals surface area contributed by atoms with Gasteiger partial charge in [-0.15, -0.1) is 0 Å². The first-order chi connectivity index (χ1) is 13.5. The van der Waals surface area contributed by atoms with Crippen LogP contribution in [0.25, 0.3) is 0 Å². The van der Waals surface area contributed by atoms with Gasteiger partial charge in [-0.05, 0) is 49.1 Å². The molecule has 28 heavy (non-hydrogen) atoms. The van der Waals surface area contributed by atoms with Crippen molar-refractivity contribution in [2.24, 2.45) is 5.73 Å². The molecule has 146 valence electrons. The quantitative estimate of drug-likeness (QED) is 0.712. The van der Waals surface area contributed by atoms with Gasteiger partial charge in [-0.3, -0.25) is 9.59 Å². The summed E-state index contributed by atoms with van der Waals surface area (Å²) >= 11 is 0. The lowest BCUT2D eigenvalue weighted by atomic mass is 10.0. The monoisotopic (exact) mass is 381 g/mol. The molecule has 1 aliphatic heterocycles. The van der Waals surface area contributed by atoms with Crippen LogP contribution >= 0.6 is 0 Å². The normalized spacial score (nSPS) is 13.8. The topological polar surface area (TPSA) is 113 Å². The summed E-state index contributed by atoms with van der Waals surface area (Å²) in [6, 6.07) is 11.4. The summed E-state index contributed by atoms with van der Waals surface area (Å²) in [6.45, 7) is 1.75. The summed E-state index contributed by atoms with van der Waals surface area (Å²) in [5, 5.41) is 12.1. The maximum atomic E-state index is 12.6. The number of aromatic carboxylic acids is 1. The Morgan fingerprint density at radius 3 is 2.43 bits per heavy atom. The molecule has 0 radical (unpaired) electrons. The number of amides is 2. The van der Waals surface area contributed by atoms with E-state index in [1.807, 2.05) is 0 Å². The largest absolute Gasteiger partial charge is 0.478 e. The number of hydrogen-bond donors (Lipinski definition) is 3. The predicted octanol–water partition coefficient (Wildman–Crippen LogP) is 2.66. The SMILES string of the molecule is NC(=O)c1ccc(N2CCCCC2)c(NC(=O)Cc2ccccc2C(=O)O)c1. The number of carbonyl (C=O) groups excluding carboxylic acids is 2. The molecule has 0 spiro atoms. The summed E-state index contributed by atoms with van der Waals surface area (Å²) in [5.74, 6) is -2.00. The Bertz CT molecular complexity index is 904. The molecule has 0 aliphatic carbocycles. The van der Waals surface area contributed by atoms with Crippen molar-refractivity contribution in [3.8, 4) is 0 Å². The molecule has 1 saturated heterocycles. The average Bonchev–Trinajstić information content (AvgIpc) is 2.68. The fourth-order valence-corrected chi connectivity index (χ4v) is 3.45. The lowest BCUT2D eigenvalue weighted by molar-refractivity contribution is -0.115. The number of nitrogens with one attached hydrogen (secondary N) is 1. The maximum Gasteiger partial charge on any atom is 0.335 e. The molecule has 1 heterocycles. The van der Waals surface area contributed by atoms with Crippen LogP contribution in [0.2, 0.25) is 0 Å². The number of carbonyl (C=O) groups is 3. The minimum atomic E-state index is -1.08. The van der Waals surface area contributed by atoms with Gasteiger partial charge in [0, 0.05) is 18.7 Å². The van der Waals surface area contributed by atoms with Crippen molar-refractivity contribution in [3.05, 3.63) is 59.2 Å². The van der Waals surface area contributed by atoms with E-state index >= 15 is 0 Å². The zero-order valence-corrected chi connectivity index (χ0v) is 15.5. The van der Waals surface area contributed by atoms with Crippen LogP contribution in [-0.2, 0) is 11.2 Å². The summed E-state index contributed by atoms with van der Waals surface area (Å²) in [5.41, 5.74) is 7.57. The number of anilines is 2. The molecule has 7 heteroatoms. The van der Waals surface area contributed by atoms with Crippen LogP contribution in [0.3, 0.4) is 0 Å². The van der Waals surface area contributed by atoms with E-state index in [4.69, 9.17) is 5.73 Å². The third-order valence-electron chi connectivity index (χ3n) is 4.85. The zero-order valence-electron chi connectivity index (χ0n) is 15.5. The Balaban J connectivity index is 1.85. The highest BCUT2D eigenvalue weighted by Gasteiger charge is 2.19. The van der Waals surface area contributed by atoms with Gasteiger partial charge in [-0.2, -0.15) is 0 Å². The first kappa shape index (κ1) is 19.4. The smallest absolute Gasteiger partial charge is 0.335 e.